The number of H-pyrrole nitrogens is 1. The van der Waals surface area contributed by atoms with E-state index in [0.717, 1.165) is 16.8 Å². The van der Waals surface area contributed by atoms with E-state index in [2.05, 4.69) is 9.97 Å². The van der Waals surface area contributed by atoms with Crippen molar-refractivity contribution in [2.75, 3.05) is 0 Å². The molecule has 1 aromatic carbocycles. The number of hydrogen-bond donors (Lipinski definition) is 1. The number of para-hydroxylation sites is 1. The lowest BCUT2D eigenvalue weighted by Gasteiger charge is -2.11. The highest BCUT2D eigenvalue weighted by Gasteiger charge is 2.20. The Kier molecular flexibility index (Phi) is 3.70. The number of carbonyl (C=O) groups excluding carboxylic acids is 1. The number of hydrogen-bond acceptors (Lipinski definition) is 4. The van der Waals surface area contributed by atoms with Crippen LogP contribution < -0.4 is 5.56 Å². The fraction of sp³-hybridized carbons (Fsp3) is 0.0909. The molecule has 0 saturated carbocycles. The van der Waals surface area contributed by atoms with Crippen LogP contribution in [0.25, 0.3) is 39.1 Å². The second-order valence-electron chi connectivity index (χ2n) is 6.94. The molecule has 0 spiro atoms. The Morgan fingerprint density at radius 2 is 1.90 bits per heavy atom. The smallest absolute Gasteiger partial charge is 0.274 e. The first-order valence-electron chi connectivity index (χ1n) is 9.17. The molecule has 0 unspecified atom stereocenters. The number of Topliss-reactive ketones (excluding diaryl/α,β-unsaturated/α-hetero) is 1. The van der Waals surface area contributed by atoms with E-state index in [1.165, 1.54) is 11.5 Å². The molecule has 7 nitrogen and oxygen atoms in total. The van der Waals surface area contributed by atoms with Gasteiger partial charge in [-0.2, -0.15) is 0 Å². The van der Waals surface area contributed by atoms with E-state index in [0.29, 0.717) is 28.1 Å². The first-order valence-corrected chi connectivity index (χ1v) is 9.17. The number of nitrogens with one attached hydrogen (secondary N) is 1. The van der Waals surface area contributed by atoms with Crippen LogP contribution in [-0.4, -0.2) is 29.9 Å². The standard InChI is InChI=1S/C22H17N5O2/c1-13(28)17-11-15-16(12-26(2)22(29)19(15)24-17)21-25-20-18(9-6-10-23-20)27(21)14-7-4-3-5-8-14/h3-12,24H,1-2H3. The van der Waals surface area contributed by atoms with Crippen LogP contribution in [0.5, 0.6) is 0 Å². The summed E-state index contributed by atoms with van der Waals surface area (Å²) in [6.45, 7) is 1.47. The summed E-state index contributed by atoms with van der Waals surface area (Å²) < 4.78 is 3.52. The predicted molar refractivity (Wildman–Crippen MR) is 111 cm³/mol. The zero-order valence-electron chi connectivity index (χ0n) is 15.9. The van der Waals surface area contributed by atoms with Gasteiger partial charge in [0.25, 0.3) is 5.56 Å². The van der Waals surface area contributed by atoms with Gasteiger partial charge in [-0.05, 0) is 30.3 Å². The van der Waals surface area contributed by atoms with Crippen molar-refractivity contribution >= 4 is 27.9 Å². The molecule has 5 aromatic rings. The number of ketones is 1. The van der Waals surface area contributed by atoms with Gasteiger partial charge in [0, 0.05) is 43.0 Å². The number of nitrogens with zero attached hydrogens (tertiary/aromatic N) is 4. The zero-order chi connectivity index (χ0) is 20.1. The molecule has 0 aliphatic heterocycles. The molecule has 142 valence electrons. The van der Waals surface area contributed by atoms with E-state index in [4.69, 9.17) is 4.98 Å². The van der Waals surface area contributed by atoms with Crippen LogP contribution in [0, 0.1) is 0 Å². The van der Waals surface area contributed by atoms with Gasteiger partial charge in [0.05, 0.1) is 11.2 Å². The van der Waals surface area contributed by atoms with E-state index in [1.807, 2.05) is 47.0 Å². The average Bonchev–Trinajstić information content (AvgIpc) is 3.34. The molecule has 1 N–H and O–H groups in total. The number of aryl methyl sites for hydroxylation is 1. The maximum atomic E-state index is 12.7. The number of benzene rings is 1. The minimum absolute atomic E-state index is 0.132. The molecule has 0 amide bonds. The fourth-order valence-corrected chi connectivity index (χ4v) is 3.63. The summed E-state index contributed by atoms with van der Waals surface area (Å²) in [5, 5.41) is 0.658. The van der Waals surface area contributed by atoms with Gasteiger partial charge < -0.3 is 9.55 Å². The molecule has 0 bridgehead atoms. The topological polar surface area (TPSA) is 85.6 Å². The predicted octanol–water partition coefficient (Wildman–Crippen LogP) is 3.47. The number of aromatic nitrogens is 5. The van der Waals surface area contributed by atoms with Crippen LogP contribution in [-0.2, 0) is 7.05 Å². The van der Waals surface area contributed by atoms with Crippen molar-refractivity contribution in [1.82, 2.24) is 24.1 Å². The second-order valence-corrected chi connectivity index (χ2v) is 6.94. The number of aromatic amines is 1. The lowest BCUT2D eigenvalue weighted by Crippen LogP contribution is -2.17. The minimum atomic E-state index is -0.197. The van der Waals surface area contributed by atoms with E-state index >= 15 is 0 Å². The van der Waals surface area contributed by atoms with E-state index in [1.54, 1.807) is 25.5 Å². The molecular weight excluding hydrogens is 366 g/mol. The molecule has 0 aliphatic carbocycles. The minimum Gasteiger partial charge on any atom is -0.348 e. The molecule has 29 heavy (non-hydrogen) atoms. The molecule has 0 radical (unpaired) electrons. The third-order valence-corrected chi connectivity index (χ3v) is 5.03. The van der Waals surface area contributed by atoms with E-state index in [-0.39, 0.29) is 11.3 Å². The molecule has 0 aliphatic rings. The lowest BCUT2D eigenvalue weighted by molar-refractivity contribution is 0.101. The Morgan fingerprint density at radius 3 is 2.66 bits per heavy atom. The Balaban J connectivity index is 1.92. The van der Waals surface area contributed by atoms with Gasteiger partial charge in [0.1, 0.15) is 11.3 Å². The molecule has 0 atom stereocenters. The highest BCUT2D eigenvalue weighted by atomic mass is 16.1. The zero-order valence-corrected chi connectivity index (χ0v) is 15.9. The summed E-state index contributed by atoms with van der Waals surface area (Å²) in [5.74, 6) is 0.520. The summed E-state index contributed by atoms with van der Waals surface area (Å²) in [4.78, 5) is 36.7. The van der Waals surface area contributed by atoms with Gasteiger partial charge in [-0.15, -0.1) is 0 Å². The molecule has 5 rings (SSSR count). The highest BCUT2D eigenvalue weighted by Crippen LogP contribution is 2.32. The molecule has 4 aromatic heterocycles. The second kappa shape index (κ2) is 6.27. The van der Waals surface area contributed by atoms with Crippen LogP contribution in [0.15, 0.2) is 65.7 Å². The van der Waals surface area contributed by atoms with Crippen LogP contribution in [0.1, 0.15) is 17.4 Å². The summed E-state index contributed by atoms with van der Waals surface area (Å²) in [6, 6.07) is 15.4. The monoisotopic (exact) mass is 383 g/mol. The normalized spacial score (nSPS) is 11.4. The Bertz CT molecular complexity index is 1460. The summed E-state index contributed by atoms with van der Waals surface area (Å²) in [6.07, 6.45) is 3.46. The van der Waals surface area contributed by atoms with Crippen molar-refractivity contribution in [3.8, 4) is 17.1 Å². The third-order valence-electron chi connectivity index (χ3n) is 5.03. The van der Waals surface area contributed by atoms with Crippen molar-refractivity contribution in [1.29, 1.82) is 0 Å². The van der Waals surface area contributed by atoms with Crippen molar-refractivity contribution in [3.05, 3.63) is 77.0 Å². The van der Waals surface area contributed by atoms with E-state index in [9.17, 15) is 9.59 Å². The highest BCUT2D eigenvalue weighted by molar-refractivity contribution is 6.02. The Morgan fingerprint density at radius 1 is 1.10 bits per heavy atom. The van der Waals surface area contributed by atoms with Crippen molar-refractivity contribution in [3.63, 3.8) is 0 Å². The maximum Gasteiger partial charge on any atom is 0.274 e. The largest absolute Gasteiger partial charge is 0.348 e. The first kappa shape index (κ1) is 17.1. The Labute approximate surface area is 165 Å². The van der Waals surface area contributed by atoms with Crippen LogP contribution in [0.3, 0.4) is 0 Å². The third kappa shape index (κ3) is 2.59. The van der Waals surface area contributed by atoms with Crippen LogP contribution in [0.4, 0.5) is 0 Å². The molecule has 4 heterocycles. The van der Waals surface area contributed by atoms with Gasteiger partial charge in [-0.1, -0.05) is 18.2 Å². The molecule has 0 fully saturated rings. The van der Waals surface area contributed by atoms with Crippen LogP contribution in [0.2, 0.25) is 0 Å². The Hall–Kier alpha value is -4.00. The number of imidazole rings is 1. The van der Waals surface area contributed by atoms with Crippen molar-refractivity contribution in [2.24, 2.45) is 7.05 Å². The van der Waals surface area contributed by atoms with E-state index < -0.39 is 0 Å². The maximum absolute atomic E-state index is 12.7. The van der Waals surface area contributed by atoms with Gasteiger partial charge in [0.2, 0.25) is 0 Å². The molecule has 7 heteroatoms. The summed E-state index contributed by atoms with van der Waals surface area (Å²) in [5.41, 5.74) is 3.72. The number of fused-ring (bicyclic) bond motifs is 2. The number of pyridine rings is 2. The quantitative estimate of drug-likeness (QED) is 0.484. The number of rotatable bonds is 3. The van der Waals surface area contributed by atoms with Crippen LogP contribution >= 0.6 is 0 Å². The lowest BCUT2D eigenvalue weighted by atomic mass is 10.1. The van der Waals surface area contributed by atoms with Gasteiger partial charge >= 0.3 is 0 Å². The SMILES string of the molecule is CC(=O)c1cc2c(-c3nc4ncccc4n3-c3ccccc3)cn(C)c(=O)c2[nH]1. The molecular formula is C22H17N5O2. The van der Waals surface area contributed by atoms with Gasteiger partial charge in [-0.25, -0.2) is 9.97 Å². The fourth-order valence-electron chi connectivity index (χ4n) is 3.63. The average molecular weight is 383 g/mol. The van der Waals surface area contributed by atoms with Crippen molar-refractivity contribution in [2.45, 2.75) is 6.92 Å². The van der Waals surface area contributed by atoms with Gasteiger partial charge in [0.15, 0.2) is 11.4 Å². The summed E-state index contributed by atoms with van der Waals surface area (Å²) in [7, 11) is 1.69. The first-order chi connectivity index (χ1) is 14.0. The van der Waals surface area contributed by atoms with Gasteiger partial charge in [-0.3, -0.25) is 14.2 Å². The number of carbonyl (C=O) groups is 1. The van der Waals surface area contributed by atoms with Crippen molar-refractivity contribution < 1.29 is 4.79 Å². The molecule has 0 saturated heterocycles. The summed E-state index contributed by atoms with van der Waals surface area (Å²) >= 11 is 0.